The molecule has 1 aliphatic carbocycles. The van der Waals surface area contributed by atoms with Crippen LogP contribution in [0.25, 0.3) is 0 Å². The maximum absolute atomic E-state index is 12.5. The first-order chi connectivity index (χ1) is 15.0. The van der Waals surface area contributed by atoms with Gasteiger partial charge in [-0.15, -0.1) is 0 Å². The minimum atomic E-state index is -1.10. The highest BCUT2D eigenvalue weighted by Gasteiger charge is 2.45. The smallest absolute Gasteiger partial charge is 0.337 e. The molecule has 9 heteroatoms. The largest absolute Gasteiger partial charge is 0.611 e. The van der Waals surface area contributed by atoms with Crippen molar-refractivity contribution in [3.8, 4) is 0 Å². The molecule has 0 radical (unpaired) electrons. The number of rotatable bonds is 6. The molecule has 164 valence electrons. The lowest BCUT2D eigenvalue weighted by Gasteiger charge is -2.21. The molecule has 1 saturated heterocycles. The van der Waals surface area contributed by atoms with Gasteiger partial charge in [-0.25, -0.2) is 9.78 Å². The molecular weight excluding hydrogens is 416 g/mol. The number of anilines is 2. The van der Waals surface area contributed by atoms with Crippen LogP contribution in [0, 0.1) is 0 Å². The van der Waals surface area contributed by atoms with Crippen molar-refractivity contribution in [3.63, 3.8) is 0 Å². The summed E-state index contributed by atoms with van der Waals surface area (Å²) >= 11 is -1.10. The summed E-state index contributed by atoms with van der Waals surface area (Å²) in [6, 6.07) is 7.57. The molecule has 3 aliphatic rings. The summed E-state index contributed by atoms with van der Waals surface area (Å²) in [6.45, 7) is 1.65. The highest BCUT2D eigenvalue weighted by molar-refractivity contribution is 7.91. The molecule has 1 aromatic carbocycles. The first kappa shape index (κ1) is 20.5. The van der Waals surface area contributed by atoms with Crippen molar-refractivity contribution in [3.05, 3.63) is 41.1 Å². The van der Waals surface area contributed by atoms with Crippen LogP contribution in [0.3, 0.4) is 0 Å². The lowest BCUT2D eigenvalue weighted by molar-refractivity contribution is 0.0600. The number of aliphatic hydroxyl groups excluding tert-OH is 1. The van der Waals surface area contributed by atoms with Crippen LogP contribution in [0.5, 0.6) is 0 Å². The second kappa shape index (κ2) is 7.96. The Morgan fingerprint density at radius 3 is 2.81 bits per heavy atom. The summed E-state index contributed by atoms with van der Waals surface area (Å²) in [5.74, 6) is 1.83. The van der Waals surface area contributed by atoms with Gasteiger partial charge in [-0.1, -0.05) is 12.1 Å². The van der Waals surface area contributed by atoms with Crippen molar-refractivity contribution in [1.82, 2.24) is 9.97 Å². The van der Waals surface area contributed by atoms with Crippen molar-refractivity contribution in [2.24, 2.45) is 0 Å². The molecule has 5 rings (SSSR count). The van der Waals surface area contributed by atoms with Gasteiger partial charge in [0.05, 0.1) is 24.8 Å². The lowest BCUT2D eigenvalue weighted by atomic mass is 9.97. The second-order valence-corrected chi connectivity index (χ2v) is 10.1. The van der Waals surface area contributed by atoms with E-state index in [1.54, 1.807) is 12.1 Å². The van der Waals surface area contributed by atoms with Gasteiger partial charge in [0.2, 0.25) is 10.8 Å². The molecular formula is C22H26N4O4S. The summed E-state index contributed by atoms with van der Waals surface area (Å²) in [5.41, 5.74) is 2.24. The average Bonchev–Trinajstić information content (AvgIpc) is 3.21. The summed E-state index contributed by atoms with van der Waals surface area (Å²) in [4.78, 5) is 24.1. The monoisotopic (exact) mass is 442 g/mol. The molecule has 3 heterocycles. The number of benzene rings is 1. The molecule has 1 aromatic heterocycles. The van der Waals surface area contributed by atoms with E-state index >= 15 is 0 Å². The first-order valence-corrected chi connectivity index (χ1v) is 12.0. The third kappa shape index (κ3) is 3.86. The van der Waals surface area contributed by atoms with E-state index < -0.39 is 11.2 Å². The Morgan fingerprint density at radius 2 is 2.13 bits per heavy atom. The normalized spacial score (nSPS) is 23.5. The number of aliphatic hydroxyl groups is 1. The molecule has 2 unspecified atom stereocenters. The summed E-state index contributed by atoms with van der Waals surface area (Å²) in [7, 11) is 1.38. The number of ether oxygens (including phenoxy) is 1. The van der Waals surface area contributed by atoms with Gasteiger partial charge in [0.1, 0.15) is 11.4 Å². The van der Waals surface area contributed by atoms with Crippen molar-refractivity contribution in [1.29, 1.82) is 0 Å². The number of fused-ring (bicyclic) bond motifs is 1. The zero-order valence-corrected chi connectivity index (χ0v) is 18.3. The number of aromatic nitrogens is 2. The van der Waals surface area contributed by atoms with E-state index in [1.165, 1.54) is 12.7 Å². The Morgan fingerprint density at radius 1 is 1.35 bits per heavy atom. The predicted octanol–water partition coefficient (Wildman–Crippen LogP) is 1.86. The van der Waals surface area contributed by atoms with Crippen molar-refractivity contribution < 1.29 is 19.2 Å². The summed E-state index contributed by atoms with van der Waals surface area (Å²) < 4.78 is 17.3. The Hall–Kier alpha value is -2.36. The fourth-order valence-corrected chi connectivity index (χ4v) is 5.66. The van der Waals surface area contributed by atoms with Crippen molar-refractivity contribution in [2.75, 3.05) is 42.8 Å². The topological polar surface area (TPSA) is 111 Å². The number of methoxy groups -OCH3 is 1. The Kier molecular flexibility index (Phi) is 5.27. The van der Waals surface area contributed by atoms with E-state index in [0.717, 1.165) is 38.0 Å². The molecule has 0 amide bonds. The van der Waals surface area contributed by atoms with Crippen molar-refractivity contribution in [2.45, 2.75) is 42.0 Å². The van der Waals surface area contributed by atoms with Gasteiger partial charge in [0, 0.05) is 25.4 Å². The molecule has 2 aromatic rings. The summed E-state index contributed by atoms with van der Waals surface area (Å²) in [5, 5.41) is 13.1. The fraction of sp³-hybridized carbons (Fsp3) is 0.500. The highest BCUT2D eigenvalue weighted by Crippen LogP contribution is 2.42. The van der Waals surface area contributed by atoms with Gasteiger partial charge in [-0.05, 0) is 48.1 Å². The minimum absolute atomic E-state index is 0.0428. The van der Waals surface area contributed by atoms with Crippen LogP contribution in [-0.2, 0) is 22.3 Å². The third-order valence-electron chi connectivity index (χ3n) is 6.49. The minimum Gasteiger partial charge on any atom is -0.611 e. The van der Waals surface area contributed by atoms with Crippen LogP contribution in [-0.4, -0.2) is 63.7 Å². The van der Waals surface area contributed by atoms with Crippen LogP contribution in [0.2, 0.25) is 0 Å². The SMILES string of the molecule is COC(=O)c1ccc(C2CCN(c3nc4c(c(NC5(CO)CC5)n3)[S+]([O-])CC4)C2)cc1. The number of carbonyl (C=O) groups excluding carboxylic acids is 1. The van der Waals surface area contributed by atoms with Gasteiger partial charge in [0.15, 0.2) is 5.82 Å². The number of nitrogens with one attached hydrogen (secondary N) is 1. The van der Waals surface area contributed by atoms with Crippen LogP contribution < -0.4 is 10.2 Å². The second-order valence-electron chi connectivity index (χ2n) is 8.56. The molecule has 0 spiro atoms. The van der Waals surface area contributed by atoms with E-state index in [0.29, 0.717) is 40.3 Å². The zero-order valence-electron chi connectivity index (χ0n) is 17.5. The Bertz CT molecular complexity index is 996. The van der Waals surface area contributed by atoms with Crippen LogP contribution in [0.15, 0.2) is 29.2 Å². The fourth-order valence-electron chi connectivity index (χ4n) is 4.36. The quantitative estimate of drug-likeness (QED) is 0.515. The predicted molar refractivity (Wildman–Crippen MR) is 117 cm³/mol. The Balaban J connectivity index is 1.37. The lowest BCUT2D eigenvalue weighted by Crippen LogP contribution is -2.29. The molecule has 2 atom stereocenters. The van der Waals surface area contributed by atoms with Gasteiger partial charge in [0.25, 0.3) is 0 Å². The number of aryl methyl sites for hydroxylation is 1. The average molecular weight is 443 g/mol. The van der Waals surface area contributed by atoms with E-state index in [9.17, 15) is 14.5 Å². The van der Waals surface area contributed by atoms with Gasteiger partial charge in [-0.3, -0.25) is 0 Å². The molecule has 2 fully saturated rings. The van der Waals surface area contributed by atoms with Gasteiger partial charge in [-0.2, -0.15) is 4.98 Å². The summed E-state index contributed by atoms with van der Waals surface area (Å²) in [6.07, 6.45) is 3.42. The van der Waals surface area contributed by atoms with Crippen LogP contribution in [0.4, 0.5) is 11.8 Å². The van der Waals surface area contributed by atoms with E-state index in [4.69, 9.17) is 14.7 Å². The maximum atomic E-state index is 12.5. The molecule has 8 nitrogen and oxygen atoms in total. The third-order valence-corrected chi connectivity index (χ3v) is 7.95. The number of nitrogens with zero attached hydrogens (tertiary/aromatic N) is 3. The molecule has 0 bridgehead atoms. The molecule has 1 saturated carbocycles. The molecule has 2 N–H and O–H groups in total. The van der Waals surface area contributed by atoms with E-state index in [-0.39, 0.29) is 18.1 Å². The number of carbonyl (C=O) groups is 1. The molecule has 2 aliphatic heterocycles. The van der Waals surface area contributed by atoms with Gasteiger partial charge >= 0.3 is 5.97 Å². The number of hydrogen-bond acceptors (Lipinski definition) is 8. The number of hydrogen-bond donors (Lipinski definition) is 2. The zero-order chi connectivity index (χ0) is 21.6. The molecule has 31 heavy (non-hydrogen) atoms. The highest BCUT2D eigenvalue weighted by atomic mass is 32.2. The van der Waals surface area contributed by atoms with E-state index in [1.807, 2.05) is 12.1 Å². The van der Waals surface area contributed by atoms with Crippen LogP contribution >= 0.6 is 0 Å². The van der Waals surface area contributed by atoms with Crippen molar-refractivity contribution >= 4 is 28.9 Å². The standard InChI is InChI=1S/C22H26N4O4S/c1-30-20(28)15-4-2-14(3-5-15)16-6-10-26(12-16)21-23-17-7-11-31(29)18(17)19(24-21)25-22(13-27)8-9-22/h2-5,16,27H,6-13H2,1H3,(H,23,24,25). The number of esters is 1. The van der Waals surface area contributed by atoms with Crippen LogP contribution in [0.1, 0.15) is 46.8 Å². The maximum Gasteiger partial charge on any atom is 0.337 e. The van der Waals surface area contributed by atoms with Gasteiger partial charge < -0.3 is 24.6 Å². The first-order valence-electron chi connectivity index (χ1n) is 10.6. The Labute approximate surface area is 184 Å². The van der Waals surface area contributed by atoms with E-state index in [2.05, 4.69) is 10.2 Å².